The zero-order valence-corrected chi connectivity index (χ0v) is 18.0. The summed E-state index contributed by atoms with van der Waals surface area (Å²) in [6.07, 6.45) is 10.7. The quantitative estimate of drug-likeness (QED) is 0.301. The van der Waals surface area contributed by atoms with Crippen LogP contribution < -0.4 is 51.4 Å². The molecule has 0 bridgehead atoms. The van der Waals surface area contributed by atoms with Gasteiger partial charge in [-0.15, -0.1) is 0 Å². The number of aliphatic hydroxyl groups is 1. The zero-order valence-electron chi connectivity index (χ0n) is 14.0. The third-order valence-electron chi connectivity index (χ3n) is 3.79. The van der Waals surface area contributed by atoms with E-state index in [0.29, 0.717) is 12.8 Å². The standard InChI is InChI=1S/C15H32O4S.K/c1-3-4-5-6-7-8-9-10-11-15(16)13-12-14(2)20(17,18)19;/h14-16H,3-13H2,1-2H3,(H,17,18,19);/q;+1/p-1. The van der Waals surface area contributed by atoms with E-state index < -0.39 is 21.5 Å². The van der Waals surface area contributed by atoms with Crippen molar-refractivity contribution in [3.8, 4) is 0 Å². The van der Waals surface area contributed by atoms with E-state index in [1.165, 1.54) is 45.4 Å². The fourth-order valence-electron chi connectivity index (χ4n) is 2.23. The molecule has 122 valence electrons. The summed E-state index contributed by atoms with van der Waals surface area (Å²) >= 11 is 0. The van der Waals surface area contributed by atoms with Crippen LogP contribution in [0.2, 0.25) is 0 Å². The Morgan fingerprint density at radius 2 is 1.38 bits per heavy atom. The van der Waals surface area contributed by atoms with Gasteiger partial charge >= 0.3 is 51.4 Å². The number of hydrogen-bond acceptors (Lipinski definition) is 4. The summed E-state index contributed by atoms with van der Waals surface area (Å²) in [5.74, 6) is 0. The number of rotatable bonds is 13. The first-order valence-corrected chi connectivity index (χ1v) is 9.47. The third kappa shape index (κ3) is 16.2. The van der Waals surface area contributed by atoms with Crippen LogP contribution in [0.1, 0.15) is 84.5 Å². The Hall–Kier alpha value is 1.51. The molecular weight excluding hydrogens is 315 g/mol. The van der Waals surface area contributed by atoms with Crippen LogP contribution in [0, 0.1) is 0 Å². The molecule has 0 aliphatic carbocycles. The Bertz CT molecular complexity index is 320. The third-order valence-corrected chi connectivity index (χ3v) is 5.01. The van der Waals surface area contributed by atoms with Crippen LogP contribution in [0.25, 0.3) is 0 Å². The van der Waals surface area contributed by atoms with Gasteiger partial charge in [0.2, 0.25) is 0 Å². The van der Waals surface area contributed by atoms with Crippen LogP contribution in [-0.4, -0.2) is 29.4 Å². The molecule has 0 radical (unpaired) electrons. The molecule has 0 spiro atoms. The Morgan fingerprint density at radius 3 is 1.86 bits per heavy atom. The largest absolute Gasteiger partial charge is 1.00 e. The smallest absolute Gasteiger partial charge is 0.748 e. The molecule has 2 atom stereocenters. The van der Waals surface area contributed by atoms with E-state index in [9.17, 15) is 18.1 Å². The van der Waals surface area contributed by atoms with Crippen molar-refractivity contribution < 1.29 is 69.5 Å². The molecule has 0 saturated heterocycles. The van der Waals surface area contributed by atoms with E-state index in [4.69, 9.17) is 0 Å². The Labute approximate surface area is 173 Å². The topological polar surface area (TPSA) is 77.4 Å². The van der Waals surface area contributed by atoms with E-state index in [0.717, 1.165) is 12.8 Å². The first-order chi connectivity index (χ1) is 9.38. The molecule has 0 aromatic rings. The van der Waals surface area contributed by atoms with Crippen molar-refractivity contribution in [3.05, 3.63) is 0 Å². The fourth-order valence-corrected chi connectivity index (χ4v) is 2.65. The minimum Gasteiger partial charge on any atom is -0.748 e. The van der Waals surface area contributed by atoms with E-state index in [2.05, 4.69) is 6.92 Å². The predicted molar refractivity (Wildman–Crippen MR) is 81.6 cm³/mol. The zero-order chi connectivity index (χ0) is 15.4. The molecule has 0 saturated carbocycles. The maximum absolute atomic E-state index is 10.7. The van der Waals surface area contributed by atoms with Crippen LogP contribution in [0.5, 0.6) is 0 Å². The molecule has 1 N–H and O–H groups in total. The van der Waals surface area contributed by atoms with Gasteiger partial charge in [0.1, 0.15) is 0 Å². The van der Waals surface area contributed by atoms with Crippen molar-refractivity contribution in [2.45, 2.75) is 95.8 Å². The van der Waals surface area contributed by atoms with Crippen molar-refractivity contribution in [1.29, 1.82) is 0 Å². The molecule has 0 heterocycles. The summed E-state index contributed by atoms with van der Waals surface area (Å²) in [6.45, 7) is 3.62. The maximum atomic E-state index is 10.7. The van der Waals surface area contributed by atoms with Gasteiger partial charge in [-0.2, -0.15) is 0 Å². The van der Waals surface area contributed by atoms with Gasteiger partial charge in [0.15, 0.2) is 0 Å². The molecule has 2 unspecified atom stereocenters. The fraction of sp³-hybridized carbons (Fsp3) is 1.00. The molecule has 0 aromatic carbocycles. The van der Waals surface area contributed by atoms with E-state index in [-0.39, 0.29) is 57.8 Å². The van der Waals surface area contributed by atoms with Crippen LogP contribution in [0.3, 0.4) is 0 Å². The Kier molecular flexibility index (Phi) is 17.8. The van der Waals surface area contributed by atoms with Crippen LogP contribution in [0.4, 0.5) is 0 Å². The molecular formula is C15H31KO4S. The molecule has 0 rings (SSSR count). The summed E-state index contributed by atoms with van der Waals surface area (Å²) < 4.78 is 32.1. The van der Waals surface area contributed by atoms with Crippen molar-refractivity contribution in [2.24, 2.45) is 0 Å². The molecule has 0 amide bonds. The number of unbranched alkanes of at least 4 members (excludes halogenated alkanes) is 7. The summed E-state index contributed by atoms with van der Waals surface area (Å²) in [6, 6.07) is 0. The Morgan fingerprint density at radius 1 is 0.905 bits per heavy atom. The molecule has 0 aliphatic rings. The second-order valence-electron chi connectivity index (χ2n) is 5.80. The van der Waals surface area contributed by atoms with E-state index in [1.54, 1.807) is 0 Å². The van der Waals surface area contributed by atoms with Gasteiger partial charge in [0, 0.05) is 5.25 Å². The van der Waals surface area contributed by atoms with Gasteiger partial charge in [-0.05, 0) is 26.2 Å². The summed E-state index contributed by atoms with van der Waals surface area (Å²) in [5.41, 5.74) is 0. The molecule has 0 aliphatic heterocycles. The van der Waals surface area contributed by atoms with Crippen molar-refractivity contribution in [3.63, 3.8) is 0 Å². The second-order valence-corrected chi connectivity index (χ2v) is 7.59. The molecule has 21 heavy (non-hydrogen) atoms. The van der Waals surface area contributed by atoms with E-state index in [1.807, 2.05) is 0 Å². The van der Waals surface area contributed by atoms with Gasteiger partial charge < -0.3 is 9.66 Å². The van der Waals surface area contributed by atoms with Crippen molar-refractivity contribution in [2.75, 3.05) is 0 Å². The first kappa shape index (κ1) is 24.8. The average Bonchev–Trinajstić information content (AvgIpc) is 2.37. The van der Waals surface area contributed by atoms with Gasteiger partial charge in [-0.25, -0.2) is 8.42 Å². The normalized spacial score (nSPS) is 14.5. The van der Waals surface area contributed by atoms with E-state index >= 15 is 0 Å². The summed E-state index contributed by atoms with van der Waals surface area (Å²) in [7, 11) is -4.20. The van der Waals surface area contributed by atoms with Gasteiger partial charge in [0.05, 0.1) is 16.2 Å². The number of hydrogen-bond donors (Lipinski definition) is 1. The first-order valence-electron chi connectivity index (χ1n) is 8.00. The molecule has 6 heteroatoms. The Balaban J connectivity index is 0. The maximum Gasteiger partial charge on any atom is 1.00 e. The van der Waals surface area contributed by atoms with Gasteiger partial charge in [0.25, 0.3) is 0 Å². The van der Waals surface area contributed by atoms with Crippen molar-refractivity contribution in [1.82, 2.24) is 0 Å². The van der Waals surface area contributed by atoms with Gasteiger partial charge in [-0.1, -0.05) is 58.3 Å². The van der Waals surface area contributed by atoms with Crippen molar-refractivity contribution >= 4 is 10.1 Å². The SMILES string of the molecule is CCCCCCCCCCC(O)CCC(C)S(=O)(=O)[O-].[K+]. The number of aliphatic hydroxyl groups excluding tert-OH is 1. The summed E-state index contributed by atoms with van der Waals surface area (Å²) in [5, 5.41) is 8.85. The molecule has 0 aromatic heterocycles. The monoisotopic (exact) mass is 346 g/mol. The summed E-state index contributed by atoms with van der Waals surface area (Å²) in [4.78, 5) is 0. The predicted octanol–water partition coefficient (Wildman–Crippen LogP) is 0.596. The minimum atomic E-state index is -4.20. The van der Waals surface area contributed by atoms with Crippen LogP contribution >= 0.6 is 0 Å². The average molecular weight is 347 g/mol. The minimum absolute atomic E-state index is 0. The van der Waals surface area contributed by atoms with Crippen LogP contribution in [-0.2, 0) is 10.1 Å². The van der Waals surface area contributed by atoms with Gasteiger partial charge in [-0.3, -0.25) is 0 Å². The second kappa shape index (κ2) is 15.1. The van der Waals surface area contributed by atoms with Crippen LogP contribution in [0.15, 0.2) is 0 Å². The molecule has 4 nitrogen and oxygen atoms in total. The molecule has 0 fully saturated rings.